The van der Waals surface area contributed by atoms with Crippen LogP contribution in [0, 0.1) is 11.8 Å². The van der Waals surface area contributed by atoms with E-state index in [9.17, 15) is 0 Å². The summed E-state index contributed by atoms with van der Waals surface area (Å²) < 4.78 is 5.11. The van der Waals surface area contributed by atoms with Crippen molar-refractivity contribution in [1.82, 2.24) is 0 Å². The minimum Gasteiger partial charge on any atom is -0.370 e. The lowest BCUT2D eigenvalue weighted by molar-refractivity contribution is 0.354. The molecule has 0 unspecified atom stereocenters. The zero-order chi connectivity index (χ0) is 8.34. The minimum absolute atomic E-state index is 0.378. The van der Waals surface area contributed by atoms with Crippen molar-refractivity contribution in [2.24, 2.45) is 11.8 Å². The molecule has 3 heteroatoms. The van der Waals surface area contributed by atoms with E-state index in [1.165, 1.54) is 25.7 Å². The monoisotopic (exact) mass is 206 g/mol. The van der Waals surface area contributed by atoms with Crippen molar-refractivity contribution in [3.63, 3.8) is 0 Å². The quantitative estimate of drug-likeness (QED) is 0.439. The van der Waals surface area contributed by atoms with Crippen molar-refractivity contribution in [3.8, 4) is 0 Å². The van der Waals surface area contributed by atoms with Gasteiger partial charge in [0.1, 0.15) is 4.33 Å². The number of hydrogen-bond acceptors (Lipinski definition) is 1. The molecule has 12 heavy (non-hydrogen) atoms. The molecule has 0 aromatic rings. The lowest BCUT2D eigenvalue weighted by atomic mass is 10.0. The van der Waals surface area contributed by atoms with Gasteiger partial charge in [0.15, 0.2) is 0 Å². The molecule has 1 heterocycles. The second-order valence-electron chi connectivity index (χ2n) is 4.26. The summed E-state index contributed by atoms with van der Waals surface area (Å²) in [5.41, 5.74) is 0. The molecule has 0 bridgehead atoms. The standard InChI is InChI=1S/C9H12Cl2O/c10-9(11)5-1-3-7-8(12-7)4-2-6(5)9/h5-8H,1-4H2/t5-,6-,7-,8+/m0/s1. The summed E-state index contributed by atoms with van der Waals surface area (Å²) in [5.74, 6) is 1.12. The highest BCUT2D eigenvalue weighted by Gasteiger charge is 2.63. The fourth-order valence-electron chi connectivity index (χ4n) is 2.62. The maximum Gasteiger partial charge on any atom is 0.124 e. The van der Waals surface area contributed by atoms with Gasteiger partial charge in [0.05, 0.1) is 12.2 Å². The Morgan fingerprint density at radius 2 is 1.42 bits per heavy atom. The third kappa shape index (κ3) is 1.03. The van der Waals surface area contributed by atoms with Crippen molar-refractivity contribution >= 4 is 23.2 Å². The Labute approximate surface area is 82.4 Å². The summed E-state index contributed by atoms with van der Waals surface area (Å²) in [6, 6.07) is 0. The van der Waals surface area contributed by atoms with Gasteiger partial charge in [-0.05, 0) is 37.5 Å². The third-order valence-corrected chi connectivity index (χ3v) is 4.70. The average molecular weight is 207 g/mol. The van der Waals surface area contributed by atoms with Crippen LogP contribution in [0.2, 0.25) is 0 Å². The van der Waals surface area contributed by atoms with E-state index < -0.39 is 0 Å². The van der Waals surface area contributed by atoms with Gasteiger partial charge in [-0.1, -0.05) is 0 Å². The van der Waals surface area contributed by atoms with Gasteiger partial charge in [0.2, 0.25) is 0 Å². The Morgan fingerprint density at radius 1 is 0.917 bits per heavy atom. The van der Waals surface area contributed by atoms with E-state index in [1.54, 1.807) is 0 Å². The summed E-state index contributed by atoms with van der Waals surface area (Å²) in [4.78, 5) is 0. The average Bonchev–Trinajstić information content (AvgIpc) is 2.75. The molecule has 0 N–H and O–H groups in total. The molecule has 0 radical (unpaired) electrons. The SMILES string of the molecule is ClC1(Cl)[C@H]2CC[C@@H]3O[C@@H]3CC[C@@H]21. The molecule has 1 saturated heterocycles. The van der Waals surface area contributed by atoms with Crippen LogP contribution in [0.4, 0.5) is 0 Å². The molecule has 3 rings (SSSR count). The first-order valence-corrected chi connectivity index (χ1v) is 5.48. The fraction of sp³-hybridized carbons (Fsp3) is 1.00. The topological polar surface area (TPSA) is 12.5 Å². The predicted octanol–water partition coefficient (Wildman–Crippen LogP) is 2.75. The Kier molecular flexibility index (Phi) is 1.52. The molecular formula is C9H12Cl2O. The van der Waals surface area contributed by atoms with Crippen LogP contribution in [0.5, 0.6) is 0 Å². The fourth-order valence-corrected chi connectivity index (χ4v) is 3.54. The zero-order valence-electron chi connectivity index (χ0n) is 6.80. The molecule has 0 aromatic heterocycles. The normalized spacial score (nSPS) is 54.5. The molecule has 0 amide bonds. The number of epoxide rings is 1. The van der Waals surface area contributed by atoms with E-state index in [0.29, 0.717) is 24.0 Å². The van der Waals surface area contributed by atoms with Crippen LogP contribution < -0.4 is 0 Å². The molecule has 0 aromatic carbocycles. The molecule has 4 atom stereocenters. The Morgan fingerprint density at radius 3 is 1.92 bits per heavy atom. The summed E-state index contributed by atoms with van der Waals surface area (Å²) in [7, 11) is 0. The van der Waals surface area contributed by atoms with Gasteiger partial charge in [-0.25, -0.2) is 0 Å². The molecule has 2 saturated carbocycles. The van der Waals surface area contributed by atoms with Crippen molar-refractivity contribution in [1.29, 1.82) is 0 Å². The van der Waals surface area contributed by atoms with Gasteiger partial charge in [-0.3, -0.25) is 0 Å². The van der Waals surface area contributed by atoms with Gasteiger partial charge < -0.3 is 4.74 Å². The summed E-state index contributed by atoms with van der Waals surface area (Å²) >= 11 is 12.3. The lowest BCUT2D eigenvalue weighted by Crippen LogP contribution is -2.00. The first kappa shape index (κ1) is 7.90. The van der Waals surface area contributed by atoms with Crippen LogP contribution in [0.25, 0.3) is 0 Å². The van der Waals surface area contributed by atoms with Gasteiger partial charge in [0.25, 0.3) is 0 Å². The van der Waals surface area contributed by atoms with E-state index >= 15 is 0 Å². The van der Waals surface area contributed by atoms with Crippen LogP contribution in [0.3, 0.4) is 0 Å². The van der Waals surface area contributed by atoms with E-state index in [-0.39, 0.29) is 4.33 Å². The van der Waals surface area contributed by atoms with Crippen LogP contribution in [0.1, 0.15) is 25.7 Å². The zero-order valence-corrected chi connectivity index (χ0v) is 8.31. The van der Waals surface area contributed by atoms with E-state index in [2.05, 4.69) is 0 Å². The minimum atomic E-state index is -0.378. The van der Waals surface area contributed by atoms with Crippen molar-refractivity contribution in [2.75, 3.05) is 0 Å². The van der Waals surface area contributed by atoms with E-state index in [0.717, 1.165) is 0 Å². The maximum atomic E-state index is 6.15. The number of hydrogen-bond donors (Lipinski definition) is 0. The summed E-state index contributed by atoms with van der Waals surface area (Å²) in [6.45, 7) is 0. The second-order valence-corrected chi connectivity index (χ2v) is 5.70. The number of fused-ring (bicyclic) bond motifs is 2. The van der Waals surface area contributed by atoms with Crippen molar-refractivity contribution in [3.05, 3.63) is 0 Å². The highest BCUT2D eigenvalue weighted by atomic mass is 35.5. The van der Waals surface area contributed by atoms with E-state index in [1.807, 2.05) is 0 Å². The molecular weight excluding hydrogens is 195 g/mol. The van der Waals surface area contributed by atoms with Crippen molar-refractivity contribution in [2.45, 2.75) is 42.2 Å². The predicted molar refractivity (Wildman–Crippen MR) is 48.5 cm³/mol. The number of alkyl halides is 2. The molecule has 3 aliphatic rings. The molecule has 68 valence electrons. The number of ether oxygens (including phenoxy) is 1. The van der Waals surface area contributed by atoms with Crippen molar-refractivity contribution < 1.29 is 4.74 Å². The number of rotatable bonds is 0. The molecule has 3 fully saturated rings. The maximum absolute atomic E-state index is 6.15. The van der Waals surface area contributed by atoms with Gasteiger partial charge >= 0.3 is 0 Å². The van der Waals surface area contributed by atoms with Gasteiger partial charge in [-0.15, -0.1) is 23.2 Å². The van der Waals surface area contributed by atoms with Crippen LogP contribution in [0.15, 0.2) is 0 Å². The Bertz CT molecular complexity index is 197. The smallest absolute Gasteiger partial charge is 0.124 e. The third-order valence-electron chi connectivity index (χ3n) is 3.58. The number of halogens is 2. The first-order valence-electron chi connectivity index (χ1n) is 4.73. The Balaban J connectivity index is 1.70. The van der Waals surface area contributed by atoms with Gasteiger partial charge in [-0.2, -0.15) is 0 Å². The second kappa shape index (κ2) is 2.31. The summed E-state index contributed by atoms with van der Waals surface area (Å²) in [6.07, 6.45) is 5.78. The highest BCUT2D eigenvalue weighted by Crippen LogP contribution is 2.64. The van der Waals surface area contributed by atoms with Crippen LogP contribution in [-0.4, -0.2) is 16.5 Å². The largest absolute Gasteiger partial charge is 0.370 e. The Hall–Kier alpha value is 0.540. The lowest BCUT2D eigenvalue weighted by Gasteiger charge is -2.00. The van der Waals surface area contributed by atoms with Gasteiger partial charge in [0, 0.05) is 0 Å². The van der Waals surface area contributed by atoms with Crippen LogP contribution >= 0.6 is 23.2 Å². The highest BCUT2D eigenvalue weighted by molar-refractivity contribution is 6.51. The molecule has 0 spiro atoms. The molecule has 2 aliphatic carbocycles. The van der Waals surface area contributed by atoms with Crippen LogP contribution in [-0.2, 0) is 4.74 Å². The summed E-state index contributed by atoms with van der Waals surface area (Å²) in [5, 5.41) is 0. The van der Waals surface area contributed by atoms with E-state index in [4.69, 9.17) is 27.9 Å². The molecule has 1 aliphatic heterocycles. The molecule has 1 nitrogen and oxygen atoms in total. The first-order chi connectivity index (χ1) is 5.69.